The molecule has 120 valence electrons. The first-order chi connectivity index (χ1) is 11.4. The molecule has 4 nitrogen and oxygen atoms in total. The molecule has 1 aromatic carbocycles. The van der Waals surface area contributed by atoms with E-state index in [1.165, 1.54) is 24.6 Å². The van der Waals surface area contributed by atoms with Crippen LogP contribution < -0.4 is 4.90 Å². The van der Waals surface area contributed by atoms with Gasteiger partial charge in [-0.25, -0.2) is 4.98 Å². The zero-order valence-corrected chi connectivity index (χ0v) is 13.4. The van der Waals surface area contributed by atoms with Crippen LogP contribution in [0.3, 0.4) is 0 Å². The van der Waals surface area contributed by atoms with Crippen LogP contribution in [0.5, 0.6) is 0 Å². The minimum atomic E-state index is 0.722. The number of anilines is 1. The van der Waals surface area contributed by atoms with Crippen molar-refractivity contribution >= 4 is 16.7 Å². The molecule has 2 aliphatic rings. The number of fused-ring (bicyclic) bond motifs is 1. The van der Waals surface area contributed by atoms with Crippen LogP contribution in [0.15, 0.2) is 48.9 Å². The fraction of sp³-hybridized carbons (Fsp3) is 0.421. The van der Waals surface area contributed by atoms with E-state index in [0.717, 1.165) is 43.6 Å². The van der Waals surface area contributed by atoms with Gasteiger partial charge in [0.25, 0.3) is 0 Å². The summed E-state index contributed by atoms with van der Waals surface area (Å²) in [5, 5.41) is 1.21. The Morgan fingerprint density at radius 1 is 1.09 bits per heavy atom. The summed E-state index contributed by atoms with van der Waals surface area (Å²) in [5.74, 6) is 1.94. The first-order valence-electron chi connectivity index (χ1n) is 8.51. The molecule has 0 atom stereocenters. The first kappa shape index (κ1) is 14.4. The average Bonchev–Trinajstić information content (AvgIpc) is 3.14. The summed E-state index contributed by atoms with van der Waals surface area (Å²) in [4.78, 5) is 9.50. The molecular formula is C19H23N3O. The molecule has 1 saturated heterocycles. The Labute approximate surface area is 137 Å². The molecule has 3 heterocycles. The lowest BCUT2D eigenvalue weighted by atomic mass is 9.93. The standard InChI is InChI=1S/C19H23N3O/c1-2-4-18-17(3-1)5-6-19(20-18)22-11-8-16(9-12-22)7-10-21-13-14-23-15-21/h1-6,13-14,16H,7-12,15H2. The van der Waals surface area contributed by atoms with Crippen molar-refractivity contribution in [3.05, 3.63) is 48.9 Å². The van der Waals surface area contributed by atoms with Crippen molar-refractivity contribution in [1.82, 2.24) is 9.88 Å². The topological polar surface area (TPSA) is 28.6 Å². The molecule has 0 N–H and O–H groups in total. The van der Waals surface area contributed by atoms with Crippen LogP contribution in [-0.4, -0.2) is 36.2 Å². The highest BCUT2D eigenvalue weighted by Gasteiger charge is 2.21. The van der Waals surface area contributed by atoms with Crippen LogP contribution in [0.25, 0.3) is 10.9 Å². The van der Waals surface area contributed by atoms with Gasteiger partial charge in [0, 0.05) is 31.2 Å². The van der Waals surface area contributed by atoms with Gasteiger partial charge in [-0.3, -0.25) is 0 Å². The van der Waals surface area contributed by atoms with Crippen molar-refractivity contribution in [2.24, 2.45) is 5.92 Å². The van der Waals surface area contributed by atoms with Crippen molar-refractivity contribution in [3.8, 4) is 0 Å². The second-order valence-corrected chi connectivity index (χ2v) is 6.47. The lowest BCUT2D eigenvalue weighted by molar-refractivity contribution is 0.162. The van der Waals surface area contributed by atoms with Crippen molar-refractivity contribution in [2.75, 3.05) is 31.3 Å². The first-order valence-corrected chi connectivity index (χ1v) is 8.51. The van der Waals surface area contributed by atoms with Crippen molar-refractivity contribution in [2.45, 2.75) is 19.3 Å². The minimum Gasteiger partial charge on any atom is -0.479 e. The zero-order valence-electron chi connectivity index (χ0n) is 13.4. The van der Waals surface area contributed by atoms with Gasteiger partial charge in [-0.05, 0) is 43.4 Å². The number of benzene rings is 1. The average molecular weight is 309 g/mol. The van der Waals surface area contributed by atoms with Gasteiger partial charge in [-0.2, -0.15) is 0 Å². The van der Waals surface area contributed by atoms with E-state index in [2.05, 4.69) is 46.2 Å². The maximum absolute atomic E-state index is 5.24. The van der Waals surface area contributed by atoms with Gasteiger partial charge in [0.2, 0.25) is 0 Å². The normalized spacial score (nSPS) is 18.6. The van der Waals surface area contributed by atoms with Gasteiger partial charge in [-0.15, -0.1) is 0 Å². The van der Waals surface area contributed by atoms with Gasteiger partial charge >= 0.3 is 0 Å². The smallest absolute Gasteiger partial charge is 0.160 e. The minimum absolute atomic E-state index is 0.722. The largest absolute Gasteiger partial charge is 0.479 e. The molecule has 0 unspecified atom stereocenters. The lowest BCUT2D eigenvalue weighted by Gasteiger charge is -2.33. The van der Waals surface area contributed by atoms with Crippen LogP contribution in [0.1, 0.15) is 19.3 Å². The van der Waals surface area contributed by atoms with E-state index in [9.17, 15) is 0 Å². The van der Waals surface area contributed by atoms with Crippen LogP contribution in [0.4, 0.5) is 5.82 Å². The van der Waals surface area contributed by atoms with E-state index >= 15 is 0 Å². The van der Waals surface area contributed by atoms with Gasteiger partial charge in [-0.1, -0.05) is 18.2 Å². The highest BCUT2D eigenvalue weighted by molar-refractivity contribution is 5.80. The van der Waals surface area contributed by atoms with Crippen LogP contribution in [0.2, 0.25) is 0 Å². The van der Waals surface area contributed by atoms with Gasteiger partial charge < -0.3 is 14.5 Å². The summed E-state index contributed by atoms with van der Waals surface area (Å²) in [5.41, 5.74) is 1.09. The zero-order chi connectivity index (χ0) is 15.5. The van der Waals surface area contributed by atoms with E-state index < -0.39 is 0 Å². The molecular weight excluding hydrogens is 286 g/mol. The van der Waals surface area contributed by atoms with Crippen molar-refractivity contribution in [1.29, 1.82) is 0 Å². The number of hydrogen-bond donors (Lipinski definition) is 0. The Morgan fingerprint density at radius 3 is 2.78 bits per heavy atom. The maximum atomic E-state index is 5.24. The molecule has 0 amide bonds. The predicted molar refractivity (Wildman–Crippen MR) is 93.1 cm³/mol. The fourth-order valence-corrected chi connectivity index (χ4v) is 3.48. The van der Waals surface area contributed by atoms with Crippen LogP contribution in [0, 0.1) is 5.92 Å². The van der Waals surface area contributed by atoms with Crippen molar-refractivity contribution in [3.63, 3.8) is 0 Å². The molecule has 1 fully saturated rings. The number of aromatic nitrogens is 1. The monoisotopic (exact) mass is 309 g/mol. The Morgan fingerprint density at radius 2 is 1.96 bits per heavy atom. The Bertz CT molecular complexity index is 692. The lowest BCUT2D eigenvalue weighted by Crippen LogP contribution is -2.35. The predicted octanol–water partition coefficient (Wildman–Crippen LogP) is 3.60. The number of rotatable bonds is 4. The highest BCUT2D eigenvalue weighted by atomic mass is 16.5. The van der Waals surface area contributed by atoms with Gasteiger partial charge in [0.05, 0.1) is 5.52 Å². The number of hydrogen-bond acceptors (Lipinski definition) is 4. The molecule has 0 aliphatic carbocycles. The summed E-state index contributed by atoms with van der Waals surface area (Å²) in [6.45, 7) is 4.06. The van der Waals surface area contributed by atoms with E-state index in [1.807, 2.05) is 6.20 Å². The molecule has 2 aromatic rings. The number of piperidine rings is 1. The Balaban J connectivity index is 1.33. The second kappa shape index (κ2) is 6.49. The number of para-hydroxylation sites is 1. The molecule has 0 saturated carbocycles. The summed E-state index contributed by atoms with van der Waals surface area (Å²) in [6, 6.07) is 12.7. The summed E-state index contributed by atoms with van der Waals surface area (Å²) < 4.78 is 5.24. The second-order valence-electron chi connectivity index (χ2n) is 6.47. The fourth-order valence-electron chi connectivity index (χ4n) is 3.48. The molecule has 2 aliphatic heterocycles. The molecule has 4 rings (SSSR count). The summed E-state index contributed by atoms with van der Waals surface area (Å²) in [6.07, 6.45) is 7.61. The highest BCUT2D eigenvalue weighted by Crippen LogP contribution is 2.26. The molecule has 4 heteroatoms. The van der Waals surface area contributed by atoms with Crippen LogP contribution in [-0.2, 0) is 4.74 Å². The maximum Gasteiger partial charge on any atom is 0.160 e. The molecule has 0 bridgehead atoms. The Hall–Kier alpha value is -2.23. The van der Waals surface area contributed by atoms with Gasteiger partial charge in [0.15, 0.2) is 6.73 Å². The number of ether oxygens (including phenoxy) is 1. The number of nitrogens with zero attached hydrogens (tertiary/aromatic N) is 3. The molecule has 23 heavy (non-hydrogen) atoms. The third-order valence-corrected chi connectivity index (χ3v) is 4.96. The number of pyridine rings is 1. The summed E-state index contributed by atoms with van der Waals surface area (Å²) in [7, 11) is 0. The van der Waals surface area contributed by atoms with Crippen molar-refractivity contribution < 1.29 is 4.74 Å². The quantitative estimate of drug-likeness (QED) is 0.863. The Kier molecular flexibility index (Phi) is 4.05. The molecule has 0 spiro atoms. The van der Waals surface area contributed by atoms with E-state index in [-0.39, 0.29) is 0 Å². The van der Waals surface area contributed by atoms with E-state index in [0.29, 0.717) is 0 Å². The molecule has 0 radical (unpaired) electrons. The summed E-state index contributed by atoms with van der Waals surface area (Å²) >= 11 is 0. The van der Waals surface area contributed by atoms with Gasteiger partial charge in [0.1, 0.15) is 12.1 Å². The SMILES string of the molecule is C1=CN(CCC2CCN(c3ccc4ccccc4n3)CC2)CO1. The molecule has 1 aromatic heterocycles. The van der Waals surface area contributed by atoms with E-state index in [4.69, 9.17) is 9.72 Å². The third kappa shape index (κ3) is 3.26. The van der Waals surface area contributed by atoms with Crippen LogP contribution >= 0.6 is 0 Å². The van der Waals surface area contributed by atoms with E-state index in [1.54, 1.807) is 6.26 Å². The third-order valence-electron chi connectivity index (χ3n) is 4.96.